The van der Waals surface area contributed by atoms with Crippen molar-refractivity contribution >= 4 is 11.8 Å². The molecule has 0 unspecified atom stereocenters. The molecule has 1 saturated heterocycles. The molecule has 0 aromatic heterocycles. The molecule has 1 heterocycles. The Morgan fingerprint density at radius 3 is 2.75 bits per heavy atom. The summed E-state index contributed by atoms with van der Waals surface area (Å²) in [4.78, 5) is 22.0. The normalized spacial score (nSPS) is 28.7. The molecule has 1 aliphatic heterocycles. The Morgan fingerprint density at radius 2 is 2.33 bits per heavy atom. The summed E-state index contributed by atoms with van der Waals surface area (Å²) >= 11 is 0. The average molecular weight is 170 g/mol. The van der Waals surface area contributed by atoms with Crippen molar-refractivity contribution in [1.29, 1.82) is 0 Å². The zero-order valence-electron chi connectivity index (χ0n) is 7.50. The van der Waals surface area contributed by atoms with Crippen LogP contribution in [0.3, 0.4) is 0 Å². The lowest BCUT2D eigenvalue weighted by atomic mass is 9.99. The van der Waals surface area contributed by atoms with E-state index >= 15 is 0 Å². The number of cyclic esters (lactones) is 1. The van der Waals surface area contributed by atoms with Gasteiger partial charge in [0, 0.05) is 6.42 Å². The monoisotopic (exact) mass is 170 g/mol. The van der Waals surface area contributed by atoms with E-state index < -0.39 is 5.92 Å². The highest BCUT2D eigenvalue weighted by molar-refractivity contribution is 5.98. The highest BCUT2D eigenvalue weighted by Gasteiger charge is 2.36. The Bertz CT molecular complexity index is 198. The van der Waals surface area contributed by atoms with E-state index in [2.05, 4.69) is 0 Å². The summed E-state index contributed by atoms with van der Waals surface area (Å²) in [6.45, 7) is 3.48. The molecule has 0 radical (unpaired) electrons. The van der Waals surface area contributed by atoms with Gasteiger partial charge in [0.1, 0.15) is 17.8 Å². The van der Waals surface area contributed by atoms with Crippen molar-refractivity contribution in [1.82, 2.24) is 0 Å². The number of ether oxygens (including phenoxy) is 1. The minimum absolute atomic E-state index is 0.0172. The first-order valence-corrected chi connectivity index (χ1v) is 4.36. The third kappa shape index (κ3) is 1.84. The molecule has 1 rings (SSSR count). The minimum Gasteiger partial charge on any atom is -0.462 e. The molecule has 0 aromatic carbocycles. The predicted octanol–water partition coefficient (Wildman–Crippen LogP) is 1.31. The molecular weight excluding hydrogens is 156 g/mol. The van der Waals surface area contributed by atoms with Crippen LogP contribution in [0.5, 0.6) is 0 Å². The van der Waals surface area contributed by atoms with Crippen LogP contribution in [0.25, 0.3) is 0 Å². The molecule has 0 N–H and O–H groups in total. The van der Waals surface area contributed by atoms with Crippen LogP contribution in [0.1, 0.15) is 33.1 Å². The second kappa shape index (κ2) is 3.70. The quantitative estimate of drug-likeness (QED) is 0.473. The number of hydrogen-bond donors (Lipinski definition) is 0. The Kier molecular flexibility index (Phi) is 2.84. The van der Waals surface area contributed by atoms with Crippen LogP contribution < -0.4 is 0 Å². The molecule has 3 heteroatoms. The molecule has 12 heavy (non-hydrogen) atoms. The van der Waals surface area contributed by atoms with Gasteiger partial charge in [0.25, 0.3) is 0 Å². The van der Waals surface area contributed by atoms with Gasteiger partial charge in [-0.15, -0.1) is 0 Å². The van der Waals surface area contributed by atoms with Crippen LogP contribution in [0, 0.1) is 5.92 Å². The van der Waals surface area contributed by atoms with Crippen LogP contribution in [0.4, 0.5) is 0 Å². The van der Waals surface area contributed by atoms with Crippen molar-refractivity contribution in [2.75, 3.05) is 0 Å². The van der Waals surface area contributed by atoms with Gasteiger partial charge in [-0.05, 0) is 13.3 Å². The number of ketones is 1. The number of carbonyl (C=O) groups is 2. The summed E-state index contributed by atoms with van der Waals surface area (Å²) in [5.41, 5.74) is 0. The average Bonchev–Trinajstić information content (AvgIpc) is 2.32. The molecule has 2 atom stereocenters. The molecule has 0 spiro atoms. The first kappa shape index (κ1) is 9.23. The van der Waals surface area contributed by atoms with E-state index in [-0.39, 0.29) is 17.9 Å². The second-order valence-electron chi connectivity index (χ2n) is 3.25. The lowest BCUT2D eigenvalue weighted by Crippen LogP contribution is -2.15. The third-order valence-corrected chi connectivity index (χ3v) is 2.17. The highest BCUT2D eigenvalue weighted by atomic mass is 16.6. The van der Waals surface area contributed by atoms with Gasteiger partial charge in [-0.25, -0.2) is 0 Å². The van der Waals surface area contributed by atoms with Gasteiger partial charge in [0.15, 0.2) is 0 Å². The Morgan fingerprint density at radius 1 is 1.67 bits per heavy atom. The predicted molar refractivity (Wildman–Crippen MR) is 43.6 cm³/mol. The fourth-order valence-corrected chi connectivity index (χ4v) is 1.48. The minimum atomic E-state index is -0.485. The van der Waals surface area contributed by atoms with Crippen LogP contribution >= 0.6 is 0 Å². The molecular formula is C9H14O3. The van der Waals surface area contributed by atoms with E-state index in [1.165, 1.54) is 6.92 Å². The maximum atomic E-state index is 11.1. The topological polar surface area (TPSA) is 43.4 Å². The van der Waals surface area contributed by atoms with Gasteiger partial charge < -0.3 is 4.74 Å². The Balaban J connectivity index is 2.50. The zero-order chi connectivity index (χ0) is 9.14. The fourth-order valence-electron chi connectivity index (χ4n) is 1.48. The SMILES string of the molecule is CCC[C@H]1C[C@@H](C(C)=O)C(=O)O1. The molecule has 0 amide bonds. The van der Waals surface area contributed by atoms with E-state index in [0.717, 1.165) is 12.8 Å². The van der Waals surface area contributed by atoms with Crippen LogP contribution in [0.15, 0.2) is 0 Å². The number of hydrogen-bond acceptors (Lipinski definition) is 3. The van der Waals surface area contributed by atoms with Crippen LogP contribution in [-0.4, -0.2) is 17.9 Å². The Hall–Kier alpha value is -0.860. The van der Waals surface area contributed by atoms with Gasteiger partial charge in [0.05, 0.1) is 0 Å². The molecule has 1 aliphatic rings. The first-order chi connectivity index (χ1) is 5.65. The summed E-state index contributed by atoms with van der Waals surface area (Å²) < 4.78 is 5.02. The lowest BCUT2D eigenvalue weighted by molar-refractivity contribution is -0.146. The van der Waals surface area contributed by atoms with E-state index in [1.807, 2.05) is 6.92 Å². The van der Waals surface area contributed by atoms with E-state index in [4.69, 9.17) is 4.74 Å². The number of Topliss-reactive ketones (excluding diaryl/α,β-unsaturated/α-hetero) is 1. The van der Waals surface area contributed by atoms with E-state index in [0.29, 0.717) is 6.42 Å². The smallest absolute Gasteiger partial charge is 0.316 e. The van der Waals surface area contributed by atoms with Crippen molar-refractivity contribution in [2.45, 2.75) is 39.2 Å². The van der Waals surface area contributed by atoms with E-state index in [1.54, 1.807) is 0 Å². The van der Waals surface area contributed by atoms with Crippen LogP contribution in [0.2, 0.25) is 0 Å². The van der Waals surface area contributed by atoms with Gasteiger partial charge in [-0.1, -0.05) is 13.3 Å². The summed E-state index contributed by atoms with van der Waals surface area (Å²) in [6, 6.07) is 0. The maximum Gasteiger partial charge on any atom is 0.316 e. The third-order valence-electron chi connectivity index (χ3n) is 2.17. The molecule has 0 bridgehead atoms. The molecule has 0 aromatic rings. The largest absolute Gasteiger partial charge is 0.462 e. The van der Waals surface area contributed by atoms with Crippen molar-refractivity contribution in [3.05, 3.63) is 0 Å². The zero-order valence-corrected chi connectivity index (χ0v) is 7.50. The van der Waals surface area contributed by atoms with E-state index in [9.17, 15) is 9.59 Å². The summed E-state index contributed by atoms with van der Waals surface area (Å²) in [7, 11) is 0. The maximum absolute atomic E-state index is 11.1. The lowest BCUT2D eigenvalue weighted by Gasteiger charge is -2.04. The molecule has 68 valence electrons. The van der Waals surface area contributed by atoms with Crippen molar-refractivity contribution in [3.63, 3.8) is 0 Å². The van der Waals surface area contributed by atoms with Crippen LogP contribution in [-0.2, 0) is 14.3 Å². The highest BCUT2D eigenvalue weighted by Crippen LogP contribution is 2.24. The van der Waals surface area contributed by atoms with Gasteiger partial charge in [0.2, 0.25) is 0 Å². The number of rotatable bonds is 3. The first-order valence-electron chi connectivity index (χ1n) is 4.36. The Labute approximate surface area is 72.1 Å². The number of carbonyl (C=O) groups excluding carboxylic acids is 2. The fraction of sp³-hybridized carbons (Fsp3) is 0.778. The summed E-state index contributed by atoms with van der Waals surface area (Å²) in [6.07, 6.45) is 2.43. The standard InChI is InChI=1S/C9H14O3/c1-3-4-7-5-8(6(2)10)9(11)12-7/h7-8H,3-5H2,1-2H3/t7-,8-/m0/s1. The van der Waals surface area contributed by atoms with Gasteiger partial charge >= 0.3 is 5.97 Å². The van der Waals surface area contributed by atoms with Crippen molar-refractivity contribution in [3.8, 4) is 0 Å². The summed E-state index contributed by atoms with van der Waals surface area (Å²) in [5.74, 6) is -0.888. The van der Waals surface area contributed by atoms with Gasteiger partial charge in [-0.2, -0.15) is 0 Å². The van der Waals surface area contributed by atoms with Crippen molar-refractivity contribution in [2.24, 2.45) is 5.92 Å². The number of esters is 1. The molecule has 1 fully saturated rings. The molecule has 3 nitrogen and oxygen atoms in total. The van der Waals surface area contributed by atoms with Gasteiger partial charge in [-0.3, -0.25) is 9.59 Å². The molecule has 0 saturated carbocycles. The summed E-state index contributed by atoms with van der Waals surface area (Å²) in [5, 5.41) is 0. The second-order valence-corrected chi connectivity index (χ2v) is 3.25. The van der Waals surface area contributed by atoms with Crippen molar-refractivity contribution < 1.29 is 14.3 Å². The molecule has 0 aliphatic carbocycles.